The largest absolute Gasteiger partial charge is 0.375 e. The Morgan fingerprint density at radius 2 is 2.25 bits per heavy atom. The number of nitrogens with zero attached hydrogens (tertiary/aromatic N) is 1. The molecule has 0 radical (unpaired) electrons. The van der Waals surface area contributed by atoms with E-state index in [9.17, 15) is 4.79 Å². The molecule has 4 nitrogen and oxygen atoms in total. The lowest BCUT2D eigenvalue weighted by Crippen LogP contribution is -2.32. The summed E-state index contributed by atoms with van der Waals surface area (Å²) < 4.78 is 0. The third kappa shape index (κ3) is 6.01. The highest BCUT2D eigenvalue weighted by Gasteiger charge is 2.08. The van der Waals surface area contributed by atoms with E-state index < -0.39 is 0 Å². The first-order valence-corrected chi connectivity index (χ1v) is 5.44. The Bertz CT molecular complexity index is 282. The maximum atomic E-state index is 11.2. The normalized spacial score (nSPS) is 13.6. The van der Waals surface area contributed by atoms with Crippen molar-refractivity contribution in [3.8, 4) is 0 Å². The van der Waals surface area contributed by atoms with Gasteiger partial charge < -0.3 is 10.6 Å². The Morgan fingerprint density at radius 3 is 2.75 bits per heavy atom. The van der Waals surface area contributed by atoms with Crippen LogP contribution in [0.15, 0.2) is 29.4 Å². The van der Waals surface area contributed by atoms with Crippen molar-refractivity contribution in [1.82, 2.24) is 10.6 Å². The number of hydrogen-bond acceptors (Lipinski definition) is 2. The number of amides is 1. The number of carbonyl (C=O) groups excluding carboxylic acids is 1. The maximum absolute atomic E-state index is 11.2. The topological polar surface area (TPSA) is 53.5 Å². The van der Waals surface area contributed by atoms with Crippen molar-refractivity contribution < 1.29 is 4.79 Å². The average molecular weight is 223 g/mol. The summed E-state index contributed by atoms with van der Waals surface area (Å²) in [5.74, 6) is -0.0387. The summed E-state index contributed by atoms with van der Waals surface area (Å²) in [7, 11) is 1.63. The van der Waals surface area contributed by atoms with Crippen LogP contribution >= 0.6 is 0 Å². The molecule has 0 aliphatic heterocycles. The fraction of sp³-hybridized carbons (Fsp3) is 0.500. The third-order valence-electron chi connectivity index (χ3n) is 2.11. The average Bonchev–Trinajstić information content (AvgIpc) is 2.31. The zero-order chi connectivity index (χ0) is 12.4. The molecule has 0 bridgehead atoms. The lowest BCUT2D eigenvalue weighted by atomic mass is 10.2. The summed E-state index contributed by atoms with van der Waals surface area (Å²) in [5, 5.41) is 5.59. The molecule has 0 spiro atoms. The Hall–Kier alpha value is -1.58. The van der Waals surface area contributed by atoms with Crippen LogP contribution in [0.3, 0.4) is 0 Å². The van der Waals surface area contributed by atoms with E-state index in [4.69, 9.17) is 0 Å². The van der Waals surface area contributed by atoms with E-state index in [0.717, 1.165) is 12.1 Å². The summed E-state index contributed by atoms with van der Waals surface area (Å²) in [6.45, 7) is 8.08. The van der Waals surface area contributed by atoms with E-state index in [-0.39, 0.29) is 11.8 Å². The summed E-state index contributed by atoms with van der Waals surface area (Å²) in [6.07, 6.45) is 6.05. The molecule has 0 heterocycles. The molecular formula is C12H21N3O. The second-order valence-electron chi connectivity index (χ2n) is 3.43. The maximum Gasteiger partial charge on any atom is 0.224 e. The number of aliphatic imine (C=N–C) groups is 1. The summed E-state index contributed by atoms with van der Waals surface area (Å²) in [6, 6.07) is 0. The van der Waals surface area contributed by atoms with Gasteiger partial charge in [0.1, 0.15) is 0 Å². The first kappa shape index (κ1) is 14.4. The highest BCUT2D eigenvalue weighted by molar-refractivity contribution is 5.78. The second-order valence-corrected chi connectivity index (χ2v) is 3.43. The molecule has 0 rings (SSSR count). The predicted octanol–water partition coefficient (Wildman–Crippen LogP) is 1.47. The second kappa shape index (κ2) is 8.71. The van der Waals surface area contributed by atoms with Gasteiger partial charge in [-0.05, 0) is 12.5 Å². The number of nitrogens with one attached hydrogen (secondary N) is 2. The van der Waals surface area contributed by atoms with Crippen molar-refractivity contribution >= 4 is 12.2 Å². The zero-order valence-corrected chi connectivity index (χ0v) is 10.3. The monoisotopic (exact) mass is 223 g/mol. The Labute approximate surface area is 97.5 Å². The molecule has 0 saturated heterocycles. The van der Waals surface area contributed by atoms with Gasteiger partial charge in [-0.1, -0.05) is 26.5 Å². The molecule has 16 heavy (non-hydrogen) atoms. The highest BCUT2D eigenvalue weighted by Crippen LogP contribution is 2.00. The summed E-state index contributed by atoms with van der Waals surface area (Å²) >= 11 is 0. The van der Waals surface area contributed by atoms with Gasteiger partial charge in [-0.3, -0.25) is 4.79 Å². The highest BCUT2D eigenvalue weighted by atomic mass is 16.1. The standard InChI is InChI=1S/C12H21N3O/c1-5-7-11(6-2)15-9-14-8-10(3)12(16)13-4/h5,7,9-10H,1,6,8H2,2-4H3,(H,13,16)(H,14,15)/b11-7+. The first-order chi connectivity index (χ1) is 7.65. The van der Waals surface area contributed by atoms with Gasteiger partial charge in [0.05, 0.1) is 12.3 Å². The van der Waals surface area contributed by atoms with Crippen LogP contribution < -0.4 is 10.6 Å². The van der Waals surface area contributed by atoms with E-state index in [0.29, 0.717) is 6.54 Å². The number of hydrogen-bond donors (Lipinski definition) is 2. The molecule has 4 heteroatoms. The van der Waals surface area contributed by atoms with Crippen molar-refractivity contribution in [2.24, 2.45) is 10.9 Å². The van der Waals surface area contributed by atoms with Crippen LogP contribution in [0.25, 0.3) is 0 Å². The van der Waals surface area contributed by atoms with E-state index in [1.54, 1.807) is 19.5 Å². The SMILES string of the molecule is C=C/C=C(CC)/N=C\NCC(C)C(=O)NC. The lowest BCUT2D eigenvalue weighted by Gasteiger charge is -2.08. The van der Waals surface area contributed by atoms with Gasteiger partial charge >= 0.3 is 0 Å². The van der Waals surface area contributed by atoms with Gasteiger partial charge in [0.2, 0.25) is 5.91 Å². The van der Waals surface area contributed by atoms with Gasteiger partial charge in [-0.15, -0.1) is 0 Å². The molecule has 1 unspecified atom stereocenters. The molecule has 2 N–H and O–H groups in total. The van der Waals surface area contributed by atoms with Crippen LogP contribution in [0.4, 0.5) is 0 Å². The van der Waals surface area contributed by atoms with Gasteiger partial charge in [-0.2, -0.15) is 0 Å². The number of carbonyl (C=O) groups is 1. The summed E-state index contributed by atoms with van der Waals surface area (Å²) in [5.41, 5.74) is 0.954. The molecule has 0 aromatic carbocycles. The van der Waals surface area contributed by atoms with Crippen LogP contribution in [0, 0.1) is 5.92 Å². The van der Waals surface area contributed by atoms with E-state index in [2.05, 4.69) is 22.2 Å². The molecule has 0 aromatic rings. The van der Waals surface area contributed by atoms with E-state index >= 15 is 0 Å². The van der Waals surface area contributed by atoms with E-state index in [1.165, 1.54) is 0 Å². The molecule has 90 valence electrons. The van der Waals surface area contributed by atoms with E-state index in [1.807, 2.05) is 19.9 Å². The smallest absolute Gasteiger partial charge is 0.224 e. The molecule has 0 fully saturated rings. The molecule has 1 amide bonds. The fourth-order valence-electron chi connectivity index (χ4n) is 1.09. The molecule has 1 atom stereocenters. The molecule has 0 aliphatic rings. The lowest BCUT2D eigenvalue weighted by molar-refractivity contribution is -0.123. The van der Waals surface area contributed by atoms with Crippen LogP contribution in [0.5, 0.6) is 0 Å². The van der Waals surface area contributed by atoms with Crippen molar-refractivity contribution in [2.45, 2.75) is 20.3 Å². The summed E-state index contributed by atoms with van der Waals surface area (Å²) in [4.78, 5) is 15.4. The number of rotatable bonds is 7. The third-order valence-corrected chi connectivity index (χ3v) is 2.11. The number of allylic oxidation sites excluding steroid dienone is 3. The van der Waals surface area contributed by atoms with Crippen LogP contribution in [-0.4, -0.2) is 25.8 Å². The van der Waals surface area contributed by atoms with Crippen LogP contribution in [0.1, 0.15) is 20.3 Å². The molecule has 0 aliphatic carbocycles. The predicted molar refractivity (Wildman–Crippen MR) is 68.3 cm³/mol. The van der Waals surface area contributed by atoms with Gasteiger partial charge in [-0.25, -0.2) is 4.99 Å². The van der Waals surface area contributed by atoms with Crippen molar-refractivity contribution in [2.75, 3.05) is 13.6 Å². The molecule has 0 saturated carbocycles. The van der Waals surface area contributed by atoms with Crippen LogP contribution in [-0.2, 0) is 4.79 Å². The minimum absolute atomic E-state index is 0.0262. The molecule has 0 aromatic heterocycles. The molecular weight excluding hydrogens is 202 g/mol. The Balaban J connectivity index is 3.97. The van der Waals surface area contributed by atoms with Crippen LogP contribution in [0.2, 0.25) is 0 Å². The fourth-order valence-corrected chi connectivity index (χ4v) is 1.09. The minimum Gasteiger partial charge on any atom is -0.375 e. The van der Waals surface area contributed by atoms with Crippen molar-refractivity contribution in [1.29, 1.82) is 0 Å². The van der Waals surface area contributed by atoms with Crippen molar-refractivity contribution in [3.63, 3.8) is 0 Å². The Morgan fingerprint density at radius 1 is 1.56 bits per heavy atom. The van der Waals surface area contributed by atoms with Gasteiger partial charge in [0, 0.05) is 19.3 Å². The van der Waals surface area contributed by atoms with Crippen molar-refractivity contribution in [3.05, 3.63) is 24.4 Å². The zero-order valence-electron chi connectivity index (χ0n) is 10.3. The first-order valence-electron chi connectivity index (χ1n) is 5.44. The Kier molecular flexibility index (Phi) is 7.85. The quantitative estimate of drug-likeness (QED) is 0.390. The minimum atomic E-state index is -0.0649. The van der Waals surface area contributed by atoms with Gasteiger partial charge in [0.25, 0.3) is 0 Å². The van der Waals surface area contributed by atoms with Gasteiger partial charge in [0.15, 0.2) is 0 Å².